The van der Waals surface area contributed by atoms with Gasteiger partial charge in [-0.1, -0.05) is 6.07 Å². The lowest BCUT2D eigenvalue weighted by Gasteiger charge is -2.33. The van der Waals surface area contributed by atoms with E-state index in [1.54, 1.807) is 0 Å². The Bertz CT molecular complexity index is 511. The lowest BCUT2D eigenvalue weighted by molar-refractivity contribution is -0.139. The van der Waals surface area contributed by atoms with Gasteiger partial charge in [0.05, 0.1) is 0 Å². The first-order chi connectivity index (χ1) is 9.54. The summed E-state index contributed by atoms with van der Waals surface area (Å²) in [4.78, 5) is 14.5. The van der Waals surface area contributed by atoms with Crippen molar-refractivity contribution in [1.29, 1.82) is 0 Å². The fourth-order valence-corrected chi connectivity index (χ4v) is 2.99. The van der Waals surface area contributed by atoms with Gasteiger partial charge >= 0.3 is 0 Å². The van der Waals surface area contributed by atoms with Crippen molar-refractivity contribution in [1.82, 2.24) is 10.2 Å². The van der Waals surface area contributed by atoms with E-state index in [9.17, 15) is 4.79 Å². The van der Waals surface area contributed by atoms with Crippen molar-refractivity contribution in [2.75, 3.05) is 19.6 Å². The van der Waals surface area contributed by atoms with Gasteiger partial charge in [-0.15, -0.1) is 0 Å². The Balaban J connectivity index is 1.73. The summed E-state index contributed by atoms with van der Waals surface area (Å²) in [5.41, 5.74) is 3.64. The minimum absolute atomic E-state index is 0.129. The quantitative estimate of drug-likeness (QED) is 0.842. The standard InChI is InChI=1S/C16H22N2O2/c1-10-6-13-8-15(20-14(13)7-11(10)2)16(19)18-5-4-17-12(3)9-18/h6-7,12,15,17H,4-5,8-9H2,1-3H3/t12-,15-/m1/s1. The van der Waals surface area contributed by atoms with Crippen LogP contribution in [0.1, 0.15) is 23.6 Å². The molecule has 1 aromatic rings. The number of piperazine rings is 1. The normalized spacial score (nSPS) is 25.2. The molecule has 1 N–H and O–H groups in total. The highest BCUT2D eigenvalue weighted by Gasteiger charge is 2.34. The van der Waals surface area contributed by atoms with Crippen LogP contribution >= 0.6 is 0 Å². The van der Waals surface area contributed by atoms with Crippen LogP contribution in [-0.2, 0) is 11.2 Å². The fourth-order valence-electron chi connectivity index (χ4n) is 2.99. The topological polar surface area (TPSA) is 41.6 Å². The molecule has 108 valence electrons. The summed E-state index contributed by atoms with van der Waals surface area (Å²) in [5.74, 6) is 1.01. The monoisotopic (exact) mass is 274 g/mol. The van der Waals surface area contributed by atoms with E-state index in [0.717, 1.165) is 30.9 Å². The van der Waals surface area contributed by atoms with Crippen molar-refractivity contribution in [2.24, 2.45) is 0 Å². The Morgan fingerprint density at radius 1 is 1.35 bits per heavy atom. The minimum atomic E-state index is -0.337. The van der Waals surface area contributed by atoms with Crippen LogP contribution in [0.15, 0.2) is 12.1 Å². The summed E-state index contributed by atoms with van der Waals surface area (Å²) in [6.45, 7) is 8.70. The van der Waals surface area contributed by atoms with Crippen molar-refractivity contribution < 1.29 is 9.53 Å². The average Bonchev–Trinajstić information content (AvgIpc) is 2.81. The predicted octanol–water partition coefficient (Wildman–Crippen LogP) is 1.43. The molecule has 0 saturated carbocycles. The average molecular weight is 274 g/mol. The Hall–Kier alpha value is -1.55. The van der Waals surface area contributed by atoms with E-state index in [1.165, 1.54) is 11.1 Å². The molecular weight excluding hydrogens is 252 g/mol. The second-order valence-electron chi connectivity index (χ2n) is 5.99. The van der Waals surface area contributed by atoms with Gasteiger partial charge in [0.1, 0.15) is 5.75 Å². The van der Waals surface area contributed by atoms with E-state index in [2.05, 4.69) is 38.2 Å². The zero-order chi connectivity index (χ0) is 14.3. The van der Waals surface area contributed by atoms with Crippen LogP contribution in [0.5, 0.6) is 5.75 Å². The fraction of sp³-hybridized carbons (Fsp3) is 0.562. The number of nitrogens with zero attached hydrogens (tertiary/aromatic N) is 1. The molecule has 4 nitrogen and oxygen atoms in total. The summed E-state index contributed by atoms with van der Waals surface area (Å²) < 4.78 is 5.88. The van der Waals surface area contributed by atoms with Crippen LogP contribution in [0.4, 0.5) is 0 Å². The number of fused-ring (bicyclic) bond motifs is 1. The summed E-state index contributed by atoms with van der Waals surface area (Å²) in [7, 11) is 0. The van der Waals surface area contributed by atoms with Gasteiger partial charge in [0.15, 0.2) is 6.10 Å². The second-order valence-corrected chi connectivity index (χ2v) is 5.99. The maximum atomic E-state index is 12.6. The van der Waals surface area contributed by atoms with Gasteiger partial charge in [-0.25, -0.2) is 0 Å². The largest absolute Gasteiger partial charge is 0.480 e. The van der Waals surface area contributed by atoms with Crippen molar-refractivity contribution in [3.05, 3.63) is 28.8 Å². The zero-order valence-electron chi connectivity index (χ0n) is 12.4. The number of aryl methyl sites for hydroxylation is 2. The minimum Gasteiger partial charge on any atom is -0.480 e. The first kappa shape index (κ1) is 13.4. The van der Waals surface area contributed by atoms with Gasteiger partial charge in [0.2, 0.25) is 0 Å². The van der Waals surface area contributed by atoms with Crippen LogP contribution in [-0.4, -0.2) is 42.6 Å². The lowest BCUT2D eigenvalue weighted by atomic mass is 10.0. The summed E-state index contributed by atoms with van der Waals surface area (Å²) >= 11 is 0. The van der Waals surface area contributed by atoms with Crippen LogP contribution in [0.3, 0.4) is 0 Å². The van der Waals surface area contributed by atoms with Crippen molar-refractivity contribution in [3.63, 3.8) is 0 Å². The van der Waals surface area contributed by atoms with E-state index >= 15 is 0 Å². The molecule has 0 radical (unpaired) electrons. The van der Waals surface area contributed by atoms with E-state index in [-0.39, 0.29) is 12.0 Å². The number of benzene rings is 1. The highest BCUT2D eigenvalue weighted by Crippen LogP contribution is 2.32. The number of amides is 1. The Morgan fingerprint density at radius 2 is 2.10 bits per heavy atom. The zero-order valence-corrected chi connectivity index (χ0v) is 12.4. The molecule has 2 atom stereocenters. The molecule has 0 aliphatic carbocycles. The summed E-state index contributed by atoms with van der Waals surface area (Å²) in [6, 6.07) is 4.57. The number of hydrogen-bond acceptors (Lipinski definition) is 3. The molecular formula is C16H22N2O2. The van der Waals surface area contributed by atoms with Crippen LogP contribution in [0.2, 0.25) is 0 Å². The third-order valence-corrected chi connectivity index (χ3v) is 4.31. The van der Waals surface area contributed by atoms with Gasteiger partial charge in [-0.3, -0.25) is 4.79 Å². The highest BCUT2D eigenvalue weighted by atomic mass is 16.5. The van der Waals surface area contributed by atoms with E-state index in [0.29, 0.717) is 12.5 Å². The molecule has 1 saturated heterocycles. The number of rotatable bonds is 1. The van der Waals surface area contributed by atoms with Crippen molar-refractivity contribution in [2.45, 2.75) is 39.3 Å². The van der Waals surface area contributed by atoms with Crippen molar-refractivity contribution >= 4 is 5.91 Å². The molecule has 0 aromatic heterocycles. The molecule has 1 aromatic carbocycles. The second kappa shape index (κ2) is 5.09. The SMILES string of the molecule is Cc1cc2c(cc1C)O[C@@H](C(=O)N1CCN[C@H](C)C1)C2. The number of carbonyl (C=O) groups excluding carboxylic acids is 1. The first-order valence-electron chi connectivity index (χ1n) is 7.33. The van der Waals surface area contributed by atoms with Gasteiger partial charge < -0.3 is 15.0 Å². The van der Waals surface area contributed by atoms with E-state index in [4.69, 9.17) is 4.74 Å². The molecule has 1 amide bonds. The highest BCUT2D eigenvalue weighted by molar-refractivity contribution is 5.83. The Labute approximate surface area is 120 Å². The van der Waals surface area contributed by atoms with Gasteiger partial charge in [-0.2, -0.15) is 0 Å². The number of ether oxygens (including phenoxy) is 1. The smallest absolute Gasteiger partial charge is 0.264 e. The third-order valence-electron chi connectivity index (χ3n) is 4.31. The Kier molecular flexibility index (Phi) is 3.42. The maximum Gasteiger partial charge on any atom is 0.264 e. The van der Waals surface area contributed by atoms with Gasteiger partial charge in [-0.05, 0) is 43.5 Å². The van der Waals surface area contributed by atoms with E-state index in [1.807, 2.05) is 4.90 Å². The molecule has 1 fully saturated rings. The molecule has 3 rings (SSSR count). The molecule has 0 unspecified atom stereocenters. The predicted molar refractivity (Wildman–Crippen MR) is 78.1 cm³/mol. The van der Waals surface area contributed by atoms with Crippen LogP contribution in [0, 0.1) is 13.8 Å². The maximum absolute atomic E-state index is 12.6. The molecule has 2 aliphatic rings. The molecule has 4 heteroatoms. The number of nitrogens with one attached hydrogen (secondary N) is 1. The summed E-state index contributed by atoms with van der Waals surface area (Å²) in [6.07, 6.45) is 0.365. The molecule has 0 spiro atoms. The molecule has 0 bridgehead atoms. The Morgan fingerprint density at radius 3 is 2.85 bits per heavy atom. The van der Waals surface area contributed by atoms with Gasteiger partial charge in [0, 0.05) is 32.1 Å². The summed E-state index contributed by atoms with van der Waals surface area (Å²) in [5, 5.41) is 3.35. The van der Waals surface area contributed by atoms with E-state index < -0.39 is 0 Å². The molecule has 2 heterocycles. The number of carbonyl (C=O) groups is 1. The lowest BCUT2D eigenvalue weighted by Crippen LogP contribution is -2.54. The first-order valence-corrected chi connectivity index (χ1v) is 7.33. The van der Waals surface area contributed by atoms with Gasteiger partial charge in [0.25, 0.3) is 5.91 Å². The third kappa shape index (κ3) is 2.40. The molecule has 20 heavy (non-hydrogen) atoms. The number of hydrogen-bond donors (Lipinski definition) is 1. The van der Waals surface area contributed by atoms with Crippen LogP contribution < -0.4 is 10.1 Å². The van der Waals surface area contributed by atoms with Crippen LogP contribution in [0.25, 0.3) is 0 Å². The molecule has 2 aliphatic heterocycles. The van der Waals surface area contributed by atoms with Crippen molar-refractivity contribution in [3.8, 4) is 5.75 Å².